The number of Topliss-reactive ketones (excluding diaryl/α,β-unsaturated/α-hetero) is 1. The first-order valence-electron chi connectivity index (χ1n) is 4.83. The van der Waals surface area contributed by atoms with Gasteiger partial charge in [0, 0.05) is 12.6 Å². The van der Waals surface area contributed by atoms with Gasteiger partial charge in [0.15, 0.2) is 21.4 Å². The van der Waals surface area contributed by atoms with Crippen LogP contribution in [0.3, 0.4) is 0 Å². The van der Waals surface area contributed by atoms with Crippen LogP contribution in [0.25, 0.3) is 0 Å². The third kappa shape index (κ3) is 4.49. The van der Waals surface area contributed by atoms with Crippen molar-refractivity contribution in [3.8, 4) is 0 Å². The predicted octanol–water partition coefficient (Wildman–Crippen LogP) is -0.512. The second kappa shape index (κ2) is 5.74. The van der Waals surface area contributed by atoms with E-state index in [2.05, 4.69) is 16.5 Å². The smallest absolute Gasteiger partial charge is 0.189 e. The minimum atomic E-state index is -3.68. The summed E-state index contributed by atoms with van der Waals surface area (Å²) in [5, 5.41) is 0. The van der Waals surface area contributed by atoms with Gasteiger partial charge in [0.25, 0.3) is 0 Å². The SMILES string of the molecule is C=CCS(=O)(=O)[C]C(=O)[C@@H](N)Cc1c[nH]cn1. The lowest BCUT2D eigenvalue weighted by atomic mass is 10.1. The first-order chi connectivity index (χ1) is 7.94. The molecule has 0 bridgehead atoms. The summed E-state index contributed by atoms with van der Waals surface area (Å²) in [6, 6.07) is -0.960. The largest absolute Gasteiger partial charge is 0.351 e. The number of carbonyl (C=O) groups excluding carboxylic acids is 1. The van der Waals surface area contributed by atoms with E-state index in [1.807, 2.05) is 5.75 Å². The van der Waals surface area contributed by atoms with E-state index in [0.29, 0.717) is 5.69 Å². The highest BCUT2D eigenvalue weighted by molar-refractivity contribution is 7.94. The Hall–Kier alpha value is -1.47. The van der Waals surface area contributed by atoms with Gasteiger partial charge in [0.1, 0.15) is 0 Å². The Bertz CT molecular complexity index is 479. The fourth-order valence-electron chi connectivity index (χ4n) is 1.15. The van der Waals surface area contributed by atoms with Crippen molar-refractivity contribution in [3.05, 3.63) is 36.6 Å². The van der Waals surface area contributed by atoms with Gasteiger partial charge >= 0.3 is 0 Å². The number of aromatic amines is 1. The maximum absolute atomic E-state index is 11.5. The zero-order valence-electron chi connectivity index (χ0n) is 9.09. The van der Waals surface area contributed by atoms with Crippen LogP contribution in [0.1, 0.15) is 5.69 Å². The molecule has 0 unspecified atom stereocenters. The van der Waals surface area contributed by atoms with Crippen molar-refractivity contribution in [1.29, 1.82) is 0 Å². The third-order valence-corrected chi connectivity index (χ3v) is 3.10. The molecule has 0 saturated carbocycles. The molecule has 3 N–H and O–H groups in total. The molecule has 2 radical (unpaired) electrons. The van der Waals surface area contributed by atoms with Gasteiger partial charge in [-0.3, -0.25) is 4.79 Å². The lowest BCUT2D eigenvalue weighted by molar-refractivity contribution is -0.116. The van der Waals surface area contributed by atoms with Gasteiger partial charge < -0.3 is 10.7 Å². The van der Waals surface area contributed by atoms with Crippen molar-refractivity contribution in [2.24, 2.45) is 5.73 Å². The number of carbonyl (C=O) groups is 1. The Kier molecular flexibility index (Phi) is 4.59. The van der Waals surface area contributed by atoms with Crippen molar-refractivity contribution in [3.63, 3.8) is 0 Å². The zero-order valence-corrected chi connectivity index (χ0v) is 9.90. The first-order valence-corrected chi connectivity index (χ1v) is 6.48. The number of ketones is 1. The zero-order chi connectivity index (χ0) is 12.9. The third-order valence-electron chi connectivity index (χ3n) is 1.91. The number of nitrogens with two attached hydrogens (primary N) is 1. The van der Waals surface area contributed by atoms with Crippen molar-refractivity contribution in [1.82, 2.24) is 9.97 Å². The Morgan fingerprint density at radius 3 is 2.94 bits per heavy atom. The molecule has 1 aromatic heterocycles. The quantitative estimate of drug-likeness (QED) is 0.638. The van der Waals surface area contributed by atoms with Gasteiger partial charge in [0.05, 0.1) is 23.8 Å². The van der Waals surface area contributed by atoms with Crippen LogP contribution in [0, 0.1) is 5.75 Å². The second-order valence-corrected chi connectivity index (χ2v) is 5.17. The van der Waals surface area contributed by atoms with Gasteiger partial charge in [0.2, 0.25) is 0 Å². The fraction of sp³-hybridized carbons (Fsp3) is 0.300. The molecule has 0 aliphatic heterocycles. The topological polar surface area (TPSA) is 106 Å². The van der Waals surface area contributed by atoms with Gasteiger partial charge in [-0.2, -0.15) is 0 Å². The summed E-state index contributed by atoms with van der Waals surface area (Å²) in [5.41, 5.74) is 6.15. The fourth-order valence-corrected chi connectivity index (χ4v) is 2.00. The van der Waals surface area contributed by atoms with Crippen LogP contribution in [0.5, 0.6) is 0 Å². The molecule has 1 aromatic rings. The number of H-pyrrole nitrogens is 1. The molecule has 0 amide bonds. The highest BCUT2D eigenvalue weighted by atomic mass is 32.2. The molecule has 1 atom stereocenters. The number of hydrogen-bond acceptors (Lipinski definition) is 5. The standard InChI is InChI=1S/C10H13N3O3S/c1-2-3-17(15,16)6-10(14)9(11)4-8-5-12-7-13-8/h2,5,7,9H,1,3-4,11H2,(H,12,13)/t9-/m0/s1. The van der Waals surface area contributed by atoms with Crippen molar-refractivity contribution in [2.75, 3.05) is 5.75 Å². The van der Waals surface area contributed by atoms with Crippen molar-refractivity contribution in [2.45, 2.75) is 12.5 Å². The number of sulfone groups is 1. The normalized spacial score (nSPS) is 13.2. The predicted molar refractivity (Wildman–Crippen MR) is 62.5 cm³/mol. The number of hydrogen-bond donors (Lipinski definition) is 2. The molecule has 0 aliphatic rings. The van der Waals surface area contributed by atoms with E-state index in [1.54, 1.807) is 6.20 Å². The number of aromatic nitrogens is 2. The van der Waals surface area contributed by atoms with Crippen LogP contribution in [-0.2, 0) is 21.1 Å². The number of nitrogens with one attached hydrogen (secondary N) is 1. The minimum absolute atomic E-state index is 0.166. The van der Waals surface area contributed by atoms with E-state index < -0.39 is 21.7 Å². The number of rotatable bonds is 7. The molecule has 17 heavy (non-hydrogen) atoms. The second-order valence-electron chi connectivity index (χ2n) is 3.41. The van der Waals surface area contributed by atoms with E-state index in [-0.39, 0.29) is 12.2 Å². The summed E-state index contributed by atoms with van der Waals surface area (Å²) in [6.45, 7) is 3.28. The Morgan fingerprint density at radius 2 is 2.41 bits per heavy atom. The molecule has 92 valence electrons. The van der Waals surface area contributed by atoms with Gasteiger partial charge in [-0.25, -0.2) is 13.4 Å². The van der Waals surface area contributed by atoms with Crippen LogP contribution >= 0.6 is 0 Å². The van der Waals surface area contributed by atoms with E-state index in [4.69, 9.17) is 5.73 Å². The molecule has 0 saturated heterocycles. The van der Waals surface area contributed by atoms with Crippen molar-refractivity contribution < 1.29 is 13.2 Å². The Balaban J connectivity index is 2.56. The van der Waals surface area contributed by atoms with Gasteiger partial charge in [-0.05, 0) is 0 Å². The summed E-state index contributed by atoms with van der Waals surface area (Å²) in [5.74, 6) is 0.788. The number of nitrogens with zero attached hydrogens (tertiary/aromatic N) is 1. The first kappa shape index (κ1) is 13.6. The van der Waals surface area contributed by atoms with E-state index in [1.165, 1.54) is 12.4 Å². The van der Waals surface area contributed by atoms with Crippen LogP contribution < -0.4 is 5.73 Å². The summed E-state index contributed by atoms with van der Waals surface area (Å²) in [4.78, 5) is 18.1. The molecule has 0 fully saturated rings. The Morgan fingerprint density at radius 1 is 1.71 bits per heavy atom. The van der Waals surface area contributed by atoms with Crippen molar-refractivity contribution >= 4 is 15.6 Å². The molecule has 0 aromatic carbocycles. The van der Waals surface area contributed by atoms with E-state index in [0.717, 1.165) is 0 Å². The van der Waals surface area contributed by atoms with Crippen LogP contribution in [-0.4, -0.2) is 36.0 Å². The number of imidazole rings is 1. The molecular weight excluding hydrogens is 242 g/mol. The molecule has 1 rings (SSSR count). The van der Waals surface area contributed by atoms with Crippen LogP contribution in [0.4, 0.5) is 0 Å². The Labute approximate surface area is 99.9 Å². The molecule has 0 aliphatic carbocycles. The lowest BCUT2D eigenvalue weighted by Crippen LogP contribution is -2.34. The lowest BCUT2D eigenvalue weighted by Gasteiger charge is -2.07. The van der Waals surface area contributed by atoms with E-state index in [9.17, 15) is 13.2 Å². The average Bonchev–Trinajstić information content (AvgIpc) is 2.69. The summed E-state index contributed by atoms with van der Waals surface area (Å²) in [7, 11) is -3.68. The average molecular weight is 255 g/mol. The molecule has 6 nitrogen and oxygen atoms in total. The van der Waals surface area contributed by atoms with E-state index >= 15 is 0 Å². The van der Waals surface area contributed by atoms with Gasteiger partial charge in [-0.1, -0.05) is 6.08 Å². The molecule has 7 heteroatoms. The minimum Gasteiger partial charge on any atom is -0.351 e. The highest BCUT2D eigenvalue weighted by Crippen LogP contribution is 2.04. The molecule has 1 heterocycles. The monoisotopic (exact) mass is 255 g/mol. The summed E-state index contributed by atoms with van der Waals surface area (Å²) in [6.07, 6.45) is 4.40. The highest BCUT2D eigenvalue weighted by Gasteiger charge is 2.23. The maximum atomic E-state index is 11.5. The summed E-state index contributed by atoms with van der Waals surface area (Å²) >= 11 is 0. The molecule has 0 spiro atoms. The molecular formula is C10H13N3O3S. The van der Waals surface area contributed by atoms with Gasteiger partial charge in [-0.15, -0.1) is 6.58 Å². The van der Waals surface area contributed by atoms with Crippen LogP contribution in [0.15, 0.2) is 25.2 Å². The maximum Gasteiger partial charge on any atom is 0.189 e. The van der Waals surface area contributed by atoms with Crippen LogP contribution in [0.2, 0.25) is 0 Å². The summed E-state index contributed by atoms with van der Waals surface area (Å²) < 4.78 is 22.5.